The lowest BCUT2D eigenvalue weighted by molar-refractivity contribution is 0.0785. The van der Waals surface area contributed by atoms with Gasteiger partial charge in [0.1, 0.15) is 0 Å². The SMILES string of the molecule is Cc1cc(Br)ccc1C(=O)N1CCC(C(C)N)C1. The molecule has 2 rings (SSSR count). The minimum Gasteiger partial charge on any atom is -0.338 e. The molecule has 98 valence electrons. The van der Waals surface area contributed by atoms with Crippen molar-refractivity contribution >= 4 is 21.8 Å². The number of nitrogens with zero attached hydrogens (tertiary/aromatic N) is 1. The first kappa shape index (κ1) is 13.6. The Balaban J connectivity index is 2.13. The van der Waals surface area contributed by atoms with Crippen LogP contribution < -0.4 is 5.73 Å². The second-order valence-electron chi connectivity index (χ2n) is 5.12. The molecular weight excluding hydrogens is 292 g/mol. The van der Waals surface area contributed by atoms with Gasteiger partial charge in [0, 0.05) is 29.2 Å². The predicted molar refractivity (Wildman–Crippen MR) is 76.5 cm³/mol. The molecule has 1 aromatic rings. The van der Waals surface area contributed by atoms with Crippen LogP contribution in [0.15, 0.2) is 22.7 Å². The third-order valence-electron chi connectivity index (χ3n) is 3.67. The molecule has 0 aliphatic carbocycles. The first-order valence-corrected chi connectivity index (χ1v) is 7.09. The molecule has 1 aliphatic rings. The van der Waals surface area contributed by atoms with E-state index in [4.69, 9.17) is 5.73 Å². The Morgan fingerprint density at radius 1 is 1.56 bits per heavy atom. The lowest BCUT2D eigenvalue weighted by atomic mass is 10.0. The summed E-state index contributed by atoms with van der Waals surface area (Å²) in [7, 11) is 0. The molecule has 1 saturated heterocycles. The zero-order valence-corrected chi connectivity index (χ0v) is 12.4. The van der Waals surface area contributed by atoms with Crippen LogP contribution in [0.1, 0.15) is 29.3 Å². The number of amides is 1. The molecule has 18 heavy (non-hydrogen) atoms. The summed E-state index contributed by atoms with van der Waals surface area (Å²) in [6, 6.07) is 5.95. The summed E-state index contributed by atoms with van der Waals surface area (Å²) in [6.07, 6.45) is 1.01. The summed E-state index contributed by atoms with van der Waals surface area (Å²) in [6.45, 7) is 5.59. The number of nitrogens with two attached hydrogens (primary N) is 1. The van der Waals surface area contributed by atoms with E-state index in [1.807, 2.05) is 36.9 Å². The van der Waals surface area contributed by atoms with Gasteiger partial charge in [0.2, 0.25) is 0 Å². The molecule has 2 unspecified atom stereocenters. The van der Waals surface area contributed by atoms with Crippen LogP contribution in [-0.2, 0) is 0 Å². The van der Waals surface area contributed by atoms with Crippen LogP contribution in [0.5, 0.6) is 0 Å². The van der Waals surface area contributed by atoms with Crippen LogP contribution in [0.25, 0.3) is 0 Å². The first-order chi connectivity index (χ1) is 8.49. The van der Waals surface area contributed by atoms with Gasteiger partial charge < -0.3 is 10.6 Å². The minimum absolute atomic E-state index is 0.128. The number of carbonyl (C=O) groups excluding carboxylic acids is 1. The maximum absolute atomic E-state index is 12.4. The number of rotatable bonds is 2. The van der Waals surface area contributed by atoms with Crippen LogP contribution in [0, 0.1) is 12.8 Å². The molecule has 2 N–H and O–H groups in total. The monoisotopic (exact) mass is 310 g/mol. The van der Waals surface area contributed by atoms with E-state index < -0.39 is 0 Å². The van der Waals surface area contributed by atoms with Gasteiger partial charge in [-0.3, -0.25) is 4.79 Å². The topological polar surface area (TPSA) is 46.3 Å². The van der Waals surface area contributed by atoms with Gasteiger partial charge in [-0.2, -0.15) is 0 Å². The number of hydrogen-bond donors (Lipinski definition) is 1. The van der Waals surface area contributed by atoms with E-state index in [0.717, 1.165) is 35.1 Å². The number of benzene rings is 1. The van der Waals surface area contributed by atoms with Crippen molar-refractivity contribution in [3.05, 3.63) is 33.8 Å². The van der Waals surface area contributed by atoms with Gasteiger partial charge in [0.15, 0.2) is 0 Å². The van der Waals surface area contributed by atoms with Crippen molar-refractivity contribution < 1.29 is 4.79 Å². The van der Waals surface area contributed by atoms with Crippen molar-refractivity contribution in [3.63, 3.8) is 0 Å². The van der Waals surface area contributed by atoms with E-state index in [9.17, 15) is 4.79 Å². The number of halogens is 1. The zero-order chi connectivity index (χ0) is 13.3. The summed E-state index contributed by atoms with van der Waals surface area (Å²) in [5.74, 6) is 0.563. The Kier molecular flexibility index (Phi) is 4.07. The van der Waals surface area contributed by atoms with Crippen molar-refractivity contribution in [2.24, 2.45) is 11.7 Å². The highest BCUT2D eigenvalue weighted by Crippen LogP contribution is 2.23. The molecule has 1 aromatic carbocycles. The highest BCUT2D eigenvalue weighted by atomic mass is 79.9. The van der Waals surface area contributed by atoms with Crippen molar-refractivity contribution in [1.82, 2.24) is 4.90 Å². The summed E-state index contributed by atoms with van der Waals surface area (Å²) in [5, 5.41) is 0. The van der Waals surface area contributed by atoms with Crippen molar-refractivity contribution in [2.45, 2.75) is 26.3 Å². The Bertz CT molecular complexity index is 459. The predicted octanol–water partition coefficient (Wildman–Crippen LogP) is 2.57. The number of hydrogen-bond acceptors (Lipinski definition) is 2. The molecule has 4 heteroatoms. The Morgan fingerprint density at radius 3 is 2.83 bits per heavy atom. The lowest BCUT2D eigenvalue weighted by Gasteiger charge is -2.19. The largest absolute Gasteiger partial charge is 0.338 e. The Morgan fingerprint density at radius 2 is 2.28 bits per heavy atom. The maximum Gasteiger partial charge on any atom is 0.254 e. The van der Waals surface area contributed by atoms with E-state index in [0.29, 0.717) is 5.92 Å². The average Bonchev–Trinajstić information content (AvgIpc) is 2.77. The van der Waals surface area contributed by atoms with E-state index in [-0.39, 0.29) is 11.9 Å². The van der Waals surface area contributed by atoms with Crippen molar-refractivity contribution in [2.75, 3.05) is 13.1 Å². The number of likely N-dealkylation sites (tertiary alicyclic amines) is 1. The normalized spacial score (nSPS) is 21.1. The fraction of sp³-hybridized carbons (Fsp3) is 0.500. The van der Waals surface area contributed by atoms with Gasteiger partial charge in [-0.15, -0.1) is 0 Å². The summed E-state index contributed by atoms with van der Waals surface area (Å²) in [4.78, 5) is 14.3. The molecule has 3 nitrogen and oxygen atoms in total. The Hall–Kier alpha value is -0.870. The highest BCUT2D eigenvalue weighted by Gasteiger charge is 2.29. The van der Waals surface area contributed by atoms with Crippen LogP contribution in [0.3, 0.4) is 0 Å². The second kappa shape index (κ2) is 5.41. The van der Waals surface area contributed by atoms with Gasteiger partial charge in [0.25, 0.3) is 5.91 Å². The van der Waals surface area contributed by atoms with Crippen LogP contribution in [0.4, 0.5) is 0 Å². The zero-order valence-electron chi connectivity index (χ0n) is 10.8. The molecule has 0 bridgehead atoms. The maximum atomic E-state index is 12.4. The molecule has 0 radical (unpaired) electrons. The van der Waals surface area contributed by atoms with Crippen LogP contribution in [0.2, 0.25) is 0 Å². The third kappa shape index (κ3) is 2.75. The van der Waals surface area contributed by atoms with E-state index in [1.165, 1.54) is 0 Å². The second-order valence-corrected chi connectivity index (χ2v) is 6.03. The molecule has 0 aromatic heterocycles. The van der Waals surface area contributed by atoms with E-state index in [1.54, 1.807) is 0 Å². The van der Waals surface area contributed by atoms with E-state index >= 15 is 0 Å². The van der Waals surface area contributed by atoms with Gasteiger partial charge >= 0.3 is 0 Å². The average molecular weight is 311 g/mol. The molecule has 1 aliphatic heterocycles. The third-order valence-corrected chi connectivity index (χ3v) is 4.17. The highest BCUT2D eigenvalue weighted by molar-refractivity contribution is 9.10. The summed E-state index contributed by atoms with van der Waals surface area (Å²) >= 11 is 3.42. The van der Waals surface area contributed by atoms with Gasteiger partial charge in [-0.25, -0.2) is 0 Å². The summed E-state index contributed by atoms with van der Waals surface area (Å²) in [5.41, 5.74) is 7.71. The molecule has 1 amide bonds. The van der Waals surface area contributed by atoms with Gasteiger partial charge in [-0.1, -0.05) is 15.9 Å². The van der Waals surface area contributed by atoms with Gasteiger partial charge in [-0.05, 0) is 49.9 Å². The molecular formula is C14H19BrN2O. The fourth-order valence-corrected chi connectivity index (χ4v) is 2.91. The molecule has 1 heterocycles. The van der Waals surface area contributed by atoms with E-state index in [2.05, 4.69) is 15.9 Å². The molecule has 0 saturated carbocycles. The minimum atomic E-state index is 0.128. The molecule has 0 spiro atoms. The number of carbonyl (C=O) groups is 1. The van der Waals surface area contributed by atoms with Gasteiger partial charge in [0.05, 0.1) is 0 Å². The smallest absolute Gasteiger partial charge is 0.254 e. The molecule has 2 atom stereocenters. The fourth-order valence-electron chi connectivity index (χ4n) is 2.44. The standard InChI is InChI=1S/C14H19BrN2O/c1-9-7-12(15)3-4-13(9)14(18)17-6-5-11(8-17)10(2)16/h3-4,7,10-11H,5-6,8,16H2,1-2H3. The molecule has 1 fully saturated rings. The first-order valence-electron chi connectivity index (χ1n) is 6.30. The van der Waals surface area contributed by atoms with Crippen LogP contribution in [-0.4, -0.2) is 29.9 Å². The lowest BCUT2D eigenvalue weighted by Crippen LogP contribution is -2.33. The van der Waals surface area contributed by atoms with Crippen molar-refractivity contribution in [1.29, 1.82) is 0 Å². The van der Waals surface area contributed by atoms with Crippen molar-refractivity contribution in [3.8, 4) is 0 Å². The van der Waals surface area contributed by atoms with Crippen LogP contribution >= 0.6 is 15.9 Å². The Labute approximate surface area is 116 Å². The summed E-state index contributed by atoms with van der Waals surface area (Å²) < 4.78 is 1.01. The quantitative estimate of drug-likeness (QED) is 0.912. The number of aryl methyl sites for hydroxylation is 1.